The van der Waals surface area contributed by atoms with Crippen molar-refractivity contribution in [2.45, 2.75) is 26.2 Å². The minimum atomic E-state index is -0.808. The lowest BCUT2D eigenvalue weighted by Gasteiger charge is -2.24. The maximum absolute atomic E-state index is 12.2. The zero-order valence-corrected chi connectivity index (χ0v) is 10.9. The van der Waals surface area contributed by atoms with Gasteiger partial charge in [-0.25, -0.2) is 0 Å². The van der Waals surface area contributed by atoms with Gasteiger partial charge in [-0.2, -0.15) is 10.2 Å². The standard InChI is InChI=1S/C13H17N3O3/c1-2-4-13(12(18)19)5-7-16(9-13)11(17)10-3-6-14-15-8-10/h3,6,8H,2,4-5,7,9H2,1H3,(H,18,19). The number of rotatable bonds is 4. The normalized spacial score (nSPS) is 22.5. The fourth-order valence-electron chi connectivity index (χ4n) is 2.61. The highest BCUT2D eigenvalue weighted by Gasteiger charge is 2.45. The van der Waals surface area contributed by atoms with Crippen molar-refractivity contribution in [3.05, 3.63) is 24.0 Å². The molecule has 1 amide bonds. The second-order valence-corrected chi connectivity index (χ2v) is 4.94. The van der Waals surface area contributed by atoms with Gasteiger partial charge in [0.1, 0.15) is 0 Å². The predicted octanol–water partition coefficient (Wildman–Crippen LogP) is 1.19. The van der Waals surface area contributed by atoms with Crippen molar-refractivity contribution < 1.29 is 14.7 Å². The molecule has 1 fully saturated rings. The van der Waals surface area contributed by atoms with Crippen molar-refractivity contribution in [3.63, 3.8) is 0 Å². The molecule has 1 aliphatic rings. The molecule has 0 bridgehead atoms. The lowest BCUT2D eigenvalue weighted by atomic mass is 9.83. The Hall–Kier alpha value is -1.98. The van der Waals surface area contributed by atoms with Crippen molar-refractivity contribution in [3.8, 4) is 0 Å². The zero-order chi connectivity index (χ0) is 13.9. The van der Waals surface area contributed by atoms with Gasteiger partial charge in [0.15, 0.2) is 0 Å². The molecule has 1 N–H and O–H groups in total. The van der Waals surface area contributed by atoms with Crippen LogP contribution in [0.4, 0.5) is 0 Å². The predicted molar refractivity (Wildman–Crippen MR) is 67.5 cm³/mol. The second kappa shape index (κ2) is 5.34. The SMILES string of the molecule is CCCC1(C(=O)O)CCN(C(=O)c2ccnnc2)C1. The summed E-state index contributed by atoms with van der Waals surface area (Å²) in [5.74, 6) is -0.980. The van der Waals surface area contributed by atoms with Crippen molar-refractivity contribution in [1.82, 2.24) is 15.1 Å². The summed E-state index contributed by atoms with van der Waals surface area (Å²) in [4.78, 5) is 25.3. The number of hydrogen-bond donors (Lipinski definition) is 1. The van der Waals surface area contributed by atoms with E-state index >= 15 is 0 Å². The molecule has 1 aliphatic heterocycles. The molecule has 102 valence electrons. The average molecular weight is 263 g/mol. The van der Waals surface area contributed by atoms with Crippen LogP contribution in [0, 0.1) is 5.41 Å². The Morgan fingerprint density at radius 1 is 1.47 bits per heavy atom. The van der Waals surface area contributed by atoms with Crippen molar-refractivity contribution >= 4 is 11.9 Å². The molecule has 1 aromatic rings. The Morgan fingerprint density at radius 3 is 2.84 bits per heavy atom. The summed E-state index contributed by atoms with van der Waals surface area (Å²) in [7, 11) is 0. The van der Waals surface area contributed by atoms with Crippen LogP contribution in [0.1, 0.15) is 36.5 Å². The fraction of sp³-hybridized carbons (Fsp3) is 0.538. The van der Waals surface area contributed by atoms with E-state index < -0.39 is 11.4 Å². The Morgan fingerprint density at radius 2 is 2.26 bits per heavy atom. The van der Waals surface area contributed by atoms with Gasteiger partial charge in [-0.05, 0) is 18.9 Å². The highest BCUT2D eigenvalue weighted by Crippen LogP contribution is 2.36. The Balaban J connectivity index is 2.13. The van der Waals surface area contributed by atoms with Crippen LogP contribution in [0.25, 0.3) is 0 Å². The molecule has 2 rings (SSSR count). The summed E-state index contributed by atoms with van der Waals surface area (Å²) in [6.07, 6.45) is 4.77. The van der Waals surface area contributed by atoms with Gasteiger partial charge in [0.2, 0.25) is 0 Å². The lowest BCUT2D eigenvalue weighted by Crippen LogP contribution is -2.37. The molecular formula is C13H17N3O3. The number of carboxylic acids is 1. The molecule has 6 heteroatoms. The van der Waals surface area contributed by atoms with Gasteiger partial charge in [0.05, 0.1) is 23.4 Å². The number of hydrogen-bond acceptors (Lipinski definition) is 4. The molecule has 6 nitrogen and oxygen atoms in total. The second-order valence-electron chi connectivity index (χ2n) is 4.94. The summed E-state index contributed by atoms with van der Waals surface area (Å²) in [6.45, 7) is 2.72. The highest BCUT2D eigenvalue weighted by molar-refractivity contribution is 5.94. The number of likely N-dealkylation sites (tertiary alicyclic amines) is 1. The van der Waals surface area contributed by atoms with Crippen LogP contribution in [0.15, 0.2) is 18.5 Å². The molecule has 19 heavy (non-hydrogen) atoms. The molecule has 0 radical (unpaired) electrons. The number of carbonyl (C=O) groups excluding carboxylic acids is 1. The van der Waals surface area contributed by atoms with Gasteiger partial charge in [0, 0.05) is 13.1 Å². The minimum Gasteiger partial charge on any atom is -0.481 e. The van der Waals surface area contributed by atoms with Gasteiger partial charge >= 0.3 is 5.97 Å². The number of carboxylic acid groups (broad SMARTS) is 1. The van der Waals surface area contributed by atoms with Crippen molar-refractivity contribution in [2.75, 3.05) is 13.1 Å². The first-order valence-electron chi connectivity index (χ1n) is 6.38. The van der Waals surface area contributed by atoms with E-state index in [2.05, 4.69) is 10.2 Å². The molecule has 0 saturated carbocycles. The van der Waals surface area contributed by atoms with E-state index in [-0.39, 0.29) is 12.5 Å². The third-order valence-electron chi connectivity index (χ3n) is 3.65. The summed E-state index contributed by atoms with van der Waals surface area (Å²) < 4.78 is 0. The summed E-state index contributed by atoms with van der Waals surface area (Å²) >= 11 is 0. The molecule has 1 aromatic heterocycles. The number of amides is 1. The summed E-state index contributed by atoms with van der Waals surface area (Å²) in [5, 5.41) is 16.7. The van der Waals surface area contributed by atoms with Gasteiger partial charge in [-0.1, -0.05) is 13.3 Å². The third kappa shape index (κ3) is 2.57. The van der Waals surface area contributed by atoms with Gasteiger partial charge in [-0.3, -0.25) is 9.59 Å². The smallest absolute Gasteiger partial charge is 0.311 e. The lowest BCUT2D eigenvalue weighted by molar-refractivity contribution is -0.148. The third-order valence-corrected chi connectivity index (χ3v) is 3.65. The van der Waals surface area contributed by atoms with Crippen molar-refractivity contribution in [1.29, 1.82) is 0 Å². The van der Waals surface area contributed by atoms with E-state index in [9.17, 15) is 14.7 Å². The molecule has 1 saturated heterocycles. The van der Waals surface area contributed by atoms with E-state index in [0.29, 0.717) is 24.9 Å². The van der Waals surface area contributed by atoms with Crippen LogP contribution in [0.5, 0.6) is 0 Å². The molecular weight excluding hydrogens is 246 g/mol. The van der Waals surface area contributed by atoms with E-state index in [1.807, 2.05) is 6.92 Å². The molecule has 2 heterocycles. The van der Waals surface area contributed by atoms with Gasteiger partial charge in [-0.15, -0.1) is 0 Å². The van der Waals surface area contributed by atoms with Gasteiger partial charge in [0.25, 0.3) is 5.91 Å². The van der Waals surface area contributed by atoms with Crippen LogP contribution in [0.3, 0.4) is 0 Å². The topological polar surface area (TPSA) is 83.4 Å². The Bertz CT molecular complexity index is 477. The van der Waals surface area contributed by atoms with Gasteiger partial charge < -0.3 is 10.0 Å². The Labute approximate surface area is 111 Å². The number of aliphatic carboxylic acids is 1. The highest BCUT2D eigenvalue weighted by atomic mass is 16.4. The van der Waals surface area contributed by atoms with Crippen LogP contribution < -0.4 is 0 Å². The quantitative estimate of drug-likeness (QED) is 0.882. The van der Waals surface area contributed by atoms with Crippen LogP contribution in [-0.2, 0) is 4.79 Å². The van der Waals surface area contributed by atoms with E-state index in [1.54, 1.807) is 11.0 Å². The van der Waals surface area contributed by atoms with E-state index in [1.165, 1.54) is 12.4 Å². The molecule has 1 atom stereocenters. The van der Waals surface area contributed by atoms with Crippen LogP contribution in [-0.4, -0.2) is 45.2 Å². The van der Waals surface area contributed by atoms with E-state index in [4.69, 9.17) is 0 Å². The molecule has 1 unspecified atom stereocenters. The number of carbonyl (C=O) groups is 2. The maximum Gasteiger partial charge on any atom is 0.311 e. The average Bonchev–Trinajstić information content (AvgIpc) is 2.85. The molecule has 0 aliphatic carbocycles. The molecule has 0 aromatic carbocycles. The zero-order valence-electron chi connectivity index (χ0n) is 10.9. The van der Waals surface area contributed by atoms with Crippen LogP contribution in [0.2, 0.25) is 0 Å². The van der Waals surface area contributed by atoms with Crippen molar-refractivity contribution in [2.24, 2.45) is 5.41 Å². The largest absolute Gasteiger partial charge is 0.481 e. The monoisotopic (exact) mass is 263 g/mol. The number of aromatic nitrogens is 2. The molecule has 0 spiro atoms. The summed E-state index contributed by atoms with van der Waals surface area (Å²) in [6, 6.07) is 1.59. The minimum absolute atomic E-state index is 0.172. The first-order valence-corrected chi connectivity index (χ1v) is 6.38. The van der Waals surface area contributed by atoms with Crippen LogP contribution >= 0.6 is 0 Å². The first kappa shape index (κ1) is 13.5. The van der Waals surface area contributed by atoms with E-state index in [0.717, 1.165) is 6.42 Å². The Kier molecular flexibility index (Phi) is 3.78. The maximum atomic E-state index is 12.2. The fourth-order valence-corrected chi connectivity index (χ4v) is 2.61. The first-order chi connectivity index (χ1) is 9.09. The summed E-state index contributed by atoms with van der Waals surface area (Å²) in [5.41, 5.74) is -0.335. The number of nitrogens with zero attached hydrogens (tertiary/aromatic N) is 3.